The van der Waals surface area contributed by atoms with Crippen LogP contribution in [0, 0.1) is 0 Å². The van der Waals surface area contributed by atoms with Gasteiger partial charge in [-0.2, -0.15) is 4.98 Å². The van der Waals surface area contributed by atoms with Crippen LogP contribution in [0.2, 0.25) is 0 Å². The summed E-state index contributed by atoms with van der Waals surface area (Å²) in [6.45, 7) is 2.83. The fourth-order valence-electron chi connectivity index (χ4n) is 2.62. The Balaban J connectivity index is 1.87. The van der Waals surface area contributed by atoms with E-state index in [1.807, 2.05) is 0 Å². The quantitative estimate of drug-likeness (QED) is 0.310. The smallest absolute Gasteiger partial charge is 0.394 e. The van der Waals surface area contributed by atoms with E-state index in [1.54, 1.807) is 0 Å². The molecule has 0 aromatic carbocycles. The Morgan fingerprint density at radius 3 is 2.04 bits per heavy atom. The van der Waals surface area contributed by atoms with Gasteiger partial charge in [-0.25, -0.2) is 4.79 Å². The van der Waals surface area contributed by atoms with Crippen molar-refractivity contribution in [1.29, 1.82) is 0 Å². The molecular weight excluding hydrogens is 306 g/mol. The zero-order chi connectivity index (χ0) is 17.5. The number of nitrogens with zero attached hydrogens (tertiary/aromatic N) is 1. The Morgan fingerprint density at radius 1 is 0.958 bits per heavy atom. The first-order chi connectivity index (χ1) is 11.8. The van der Waals surface area contributed by atoms with Crippen LogP contribution in [0.25, 0.3) is 0 Å². The van der Waals surface area contributed by atoms with Gasteiger partial charge in [-0.05, 0) is 6.42 Å². The van der Waals surface area contributed by atoms with Gasteiger partial charge in [0.1, 0.15) is 0 Å². The number of oxazole rings is 1. The van der Waals surface area contributed by atoms with Crippen molar-refractivity contribution in [2.24, 2.45) is 0 Å². The van der Waals surface area contributed by atoms with Crippen molar-refractivity contribution in [1.82, 2.24) is 4.98 Å². The molecule has 0 fully saturated rings. The van der Waals surface area contributed by atoms with Crippen LogP contribution in [0.4, 0.5) is 0 Å². The standard InChI is InChI=1S/C19H33NO4/c1-3-4-5-6-7-8-9-10-11-12-13-14-15-23-19-20-16-17(24-19)18(21)22-2/h16H,3-15H2,1-2H3. The summed E-state index contributed by atoms with van der Waals surface area (Å²) >= 11 is 0. The number of ether oxygens (including phenoxy) is 2. The van der Waals surface area contributed by atoms with Crippen LogP contribution >= 0.6 is 0 Å². The second-order valence-corrected chi connectivity index (χ2v) is 6.22. The number of methoxy groups -OCH3 is 1. The molecule has 1 heterocycles. The third kappa shape index (κ3) is 9.58. The minimum Gasteiger partial charge on any atom is -0.463 e. The van der Waals surface area contributed by atoms with E-state index < -0.39 is 5.97 Å². The topological polar surface area (TPSA) is 61.6 Å². The average molecular weight is 339 g/mol. The van der Waals surface area contributed by atoms with E-state index in [-0.39, 0.29) is 11.8 Å². The molecule has 0 unspecified atom stereocenters. The molecule has 0 saturated heterocycles. The molecule has 5 heteroatoms. The summed E-state index contributed by atoms with van der Waals surface area (Å²) in [6, 6.07) is 0. The Labute approximate surface area is 146 Å². The second kappa shape index (κ2) is 13.9. The summed E-state index contributed by atoms with van der Waals surface area (Å²) in [5.41, 5.74) is 0. The fraction of sp³-hybridized carbons (Fsp3) is 0.789. The van der Waals surface area contributed by atoms with Crippen LogP contribution in [0.5, 0.6) is 6.08 Å². The van der Waals surface area contributed by atoms with Crippen LogP contribution in [0.15, 0.2) is 10.6 Å². The number of carbonyl (C=O) groups is 1. The number of carbonyl (C=O) groups excluding carboxylic acids is 1. The molecule has 0 spiro atoms. The highest BCUT2D eigenvalue weighted by atomic mass is 16.6. The molecule has 1 aromatic heterocycles. The van der Waals surface area contributed by atoms with E-state index in [1.165, 1.54) is 77.5 Å². The molecule has 5 nitrogen and oxygen atoms in total. The monoisotopic (exact) mass is 339 g/mol. The van der Waals surface area contributed by atoms with Crippen LogP contribution in [-0.2, 0) is 4.74 Å². The molecule has 0 amide bonds. The lowest BCUT2D eigenvalue weighted by molar-refractivity contribution is 0.0556. The molecule has 0 N–H and O–H groups in total. The minimum atomic E-state index is -0.539. The Morgan fingerprint density at radius 2 is 1.50 bits per heavy atom. The summed E-state index contributed by atoms with van der Waals surface area (Å²) in [5, 5.41) is 0. The summed E-state index contributed by atoms with van der Waals surface area (Å²) in [7, 11) is 1.30. The molecular formula is C19H33NO4. The van der Waals surface area contributed by atoms with Gasteiger partial charge in [0, 0.05) is 0 Å². The van der Waals surface area contributed by atoms with E-state index in [9.17, 15) is 4.79 Å². The summed E-state index contributed by atoms with van der Waals surface area (Å²) < 4.78 is 15.1. The van der Waals surface area contributed by atoms with Crippen molar-refractivity contribution in [3.8, 4) is 6.08 Å². The van der Waals surface area contributed by atoms with Crippen molar-refractivity contribution in [2.75, 3.05) is 13.7 Å². The Kier molecular flexibility index (Phi) is 11.9. The summed E-state index contributed by atoms with van der Waals surface area (Å²) in [5.74, 6) is -0.468. The van der Waals surface area contributed by atoms with Gasteiger partial charge < -0.3 is 13.9 Å². The number of hydrogen-bond acceptors (Lipinski definition) is 5. The molecule has 0 atom stereocenters. The SMILES string of the molecule is CCCCCCCCCCCCCCOc1ncc(C(=O)OC)o1. The molecule has 138 valence electrons. The van der Waals surface area contributed by atoms with E-state index in [0.717, 1.165) is 12.8 Å². The van der Waals surface area contributed by atoms with Gasteiger partial charge in [-0.1, -0.05) is 77.6 Å². The van der Waals surface area contributed by atoms with Gasteiger partial charge in [0.05, 0.1) is 19.9 Å². The van der Waals surface area contributed by atoms with Crippen LogP contribution < -0.4 is 4.74 Å². The maximum absolute atomic E-state index is 11.2. The van der Waals surface area contributed by atoms with Gasteiger partial charge in [-0.15, -0.1) is 0 Å². The van der Waals surface area contributed by atoms with Gasteiger partial charge >= 0.3 is 12.0 Å². The first-order valence-electron chi connectivity index (χ1n) is 9.45. The lowest BCUT2D eigenvalue weighted by atomic mass is 10.1. The summed E-state index contributed by atoms with van der Waals surface area (Å²) in [6.07, 6.45) is 17.2. The predicted octanol–water partition coefficient (Wildman–Crippen LogP) is 5.54. The van der Waals surface area contributed by atoms with Crippen molar-refractivity contribution < 1.29 is 18.7 Å². The lowest BCUT2D eigenvalue weighted by Gasteiger charge is -2.03. The lowest BCUT2D eigenvalue weighted by Crippen LogP contribution is -1.99. The zero-order valence-electron chi connectivity index (χ0n) is 15.3. The van der Waals surface area contributed by atoms with Crippen molar-refractivity contribution in [2.45, 2.75) is 84.0 Å². The third-order valence-electron chi connectivity index (χ3n) is 4.09. The maximum atomic E-state index is 11.2. The first kappa shape index (κ1) is 20.5. The highest BCUT2D eigenvalue weighted by Gasteiger charge is 2.12. The average Bonchev–Trinajstić information content (AvgIpc) is 3.07. The van der Waals surface area contributed by atoms with Crippen LogP contribution in [-0.4, -0.2) is 24.7 Å². The number of hydrogen-bond donors (Lipinski definition) is 0. The van der Waals surface area contributed by atoms with Gasteiger partial charge in [0.2, 0.25) is 5.76 Å². The molecule has 1 rings (SSSR count). The molecule has 0 bridgehead atoms. The third-order valence-corrected chi connectivity index (χ3v) is 4.09. The van der Waals surface area contributed by atoms with Crippen molar-refractivity contribution in [3.63, 3.8) is 0 Å². The van der Waals surface area contributed by atoms with E-state index in [2.05, 4.69) is 16.6 Å². The predicted molar refractivity (Wildman–Crippen MR) is 94.4 cm³/mol. The Bertz CT molecular complexity index is 431. The molecule has 24 heavy (non-hydrogen) atoms. The van der Waals surface area contributed by atoms with Crippen LogP contribution in [0.1, 0.15) is 94.5 Å². The number of rotatable bonds is 15. The Hall–Kier alpha value is -1.52. The fourth-order valence-corrected chi connectivity index (χ4v) is 2.62. The van der Waals surface area contributed by atoms with Gasteiger partial charge in [-0.3, -0.25) is 0 Å². The van der Waals surface area contributed by atoms with E-state index in [0.29, 0.717) is 6.61 Å². The first-order valence-corrected chi connectivity index (χ1v) is 9.45. The molecule has 1 aromatic rings. The molecule has 0 aliphatic rings. The number of aromatic nitrogens is 1. The van der Waals surface area contributed by atoms with E-state index >= 15 is 0 Å². The van der Waals surface area contributed by atoms with Crippen molar-refractivity contribution in [3.05, 3.63) is 12.0 Å². The highest BCUT2D eigenvalue weighted by Crippen LogP contribution is 2.14. The van der Waals surface area contributed by atoms with Crippen LogP contribution in [0.3, 0.4) is 0 Å². The van der Waals surface area contributed by atoms with Crippen molar-refractivity contribution >= 4 is 5.97 Å². The zero-order valence-corrected chi connectivity index (χ0v) is 15.3. The summed E-state index contributed by atoms with van der Waals surface area (Å²) in [4.78, 5) is 15.1. The normalized spacial score (nSPS) is 10.8. The maximum Gasteiger partial charge on any atom is 0.394 e. The number of esters is 1. The molecule has 0 aliphatic heterocycles. The molecule has 0 saturated carbocycles. The largest absolute Gasteiger partial charge is 0.463 e. The van der Waals surface area contributed by atoms with E-state index in [4.69, 9.17) is 9.15 Å². The minimum absolute atomic E-state index is 0.0715. The second-order valence-electron chi connectivity index (χ2n) is 6.22. The molecule has 0 aliphatic carbocycles. The number of unbranched alkanes of at least 4 members (excludes halogenated alkanes) is 11. The van der Waals surface area contributed by atoms with Gasteiger partial charge in [0.25, 0.3) is 0 Å². The highest BCUT2D eigenvalue weighted by molar-refractivity contribution is 5.85. The van der Waals surface area contributed by atoms with Gasteiger partial charge in [0.15, 0.2) is 0 Å². The molecule has 0 radical (unpaired) electrons.